The first kappa shape index (κ1) is 17.2. The molecule has 4 rings (SSSR count). The number of hydrogen-bond acceptors (Lipinski definition) is 5. The molecule has 2 aromatic heterocycles. The van der Waals surface area contributed by atoms with Crippen molar-refractivity contribution >= 4 is 12.0 Å². The number of likely N-dealkylation sites (tertiary alicyclic amines) is 1. The number of halogens is 1. The molecule has 3 heterocycles. The molecule has 7 heteroatoms. The van der Waals surface area contributed by atoms with E-state index in [1.165, 1.54) is 18.2 Å². The van der Waals surface area contributed by atoms with Gasteiger partial charge in [0, 0.05) is 30.6 Å². The molecule has 27 heavy (non-hydrogen) atoms. The maximum Gasteiger partial charge on any atom is 0.258 e. The van der Waals surface area contributed by atoms with Gasteiger partial charge in [-0.05, 0) is 49.2 Å². The van der Waals surface area contributed by atoms with E-state index in [-0.39, 0.29) is 23.5 Å². The van der Waals surface area contributed by atoms with E-state index in [9.17, 15) is 9.18 Å². The first-order chi connectivity index (χ1) is 13.2. The predicted molar refractivity (Wildman–Crippen MR) is 96.0 cm³/mol. The third-order valence-electron chi connectivity index (χ3n) is 4.54. The Bertz CT molecular complexity index is 949. The summed E-state index contributed by atoms with van der Waals surface area (Å²) in [5.74, 6) is 1.02. The largest absolute Gasteiger partial charge is 0.465 e. The second-order valence-corrected chi connectivity index (χ2v) is 6.44. The van der Waals surface area contributed by atoms with Crippen molar-refractivity contribution in [3.8, 4) is 11.5 Å². The van der Waals surface area contributed by atoms with Gasteiger partial charge >= 0.3 is 0 Å². The minimum Gasteiger partial charge on any atom is -0.465 e. The van der Waals surface area contributed by atoms with Crippen molar-refractivity contribution in [3.63, 3.8) is 0 Å². The molecule has 1 aromatic carbocycles. The molecule has 1 saturated heterocycles. The van der Waals surface area contributed by atoms with Crippen molar-refractivity contribution in [2.45, 2.75) is 18.8 Å². The van der Waals surface area contributed by atoms with Crippen LogP contribution >= 0.6 is 0 Å². The SMILES string of the molecule is O=C(C=Cc1ccco1)N1CCCC(c2noc(-c3cccc(F)c3)n2)C1. The highest BCUT2D eigenvalue weighted by atomic mass is 19.1. The molecule has 3 aromatic rings. The maximum absolute atomic E-state index is 13.4. The minimum absolute atomic E-state index is 0.00854. The molecule has 138 valence electrons. The van der Waals surface area contributed by atoms with Crippen LogP contribution in [0, 0.1) is 5.82 Å². The van der Waals surface area contributed by atoms with Crippen LogP contribution in [-0.4, -0.2) is 34.0 Å². The molecule has 6 nitrogen and oxygen atoms in total. The summed E-state index contributed by atoms with van der Waals surface area (Å²) in [6, 6.07) is 9.59. The Balaban J connectivity index is 1.45. The number of piperidine rings is 1. The molecule has 0 saturated carbocycles. The Morgan fingerprint density at radius 2 is 2.22 bits per heavy atom. The van der Waals surface area contributed by atoms with Crippen LogP contribution < -0.4 is 0 Å². The summed E-state index contributed by atoms with van der Waals surface area (Å²) < 4.78 is 23.9. The number of amides is 1. The zero-order valence-corrected chi connectivity index (χ0v) is 14.5. The van der Waals surface area contributed by atoms with Crippen LogP contribution in [0.1, 0.15) is 30.3 Å². The number of aromatic nitrogens is 2. The second kappa shape index (κ2) is 7.57. The fourth-order valence-corrected chi connectivity index (χ4v) is 3.17. The van der Waals surface area contributed by atoms with Crippen molar-refractivity contribution in [2.75, 3.05) is 13.1 Å². The fourth-order valence-electron chi connectivity index (χ4n) is 3.17. The van der Waals surface area contributed by atoms with Crippen LogP contribution in [-0.2, 0) is 4.79 Å². The van der Waals surface area contributed by atoms with Crippen molar-refractivity contribution in [3.05, 3.63) is 66.1 Å². The molecule has 1 aliphatic rings. The highest BCUT2D eigenvalue weighted by molar-refractivity contribution is 5.91. The number of hydrogen-bond donors (Lipinski definition) is 0. The Kier molecular flexibility index (Phi) is 4.82. The van der Waals surface area contributed by atoms with E-state index in [1.54, 1.807) is 41.5 Å². The fraction of sp³-hybridized carbons (Fsp3) is 0.250. The van der Waals surface area contributed by atoms with Crippen LogP contribution in [0.3, 0.4) is 0 Å². The van der Waals surface area contributed by atoms with Gasteiger partial charge in [-0.1, -0.05) is 11.2 Å². The first-order valence-electron chi connectivity index (χ1n) is 8.79. The molecule has 1 amide bonds. The molecular weight excluding hydrogens is 349 g/mol. The number of carbonyl (C=O) groups excluding carboxylic acids is 1. The van der Waals surface area contributed by atoms with Gasteiger partial charge in [-0.3, -0.25) is 4.79 Å². The van der Waals surface area contributed by atoms with E-state index in [1.807, 2.05) is 0 Å². The standard InChI is InChI=1S/C20H18FN3O3/c21-16-6-1-4-14(12-16)20-22-19(23-27-20)15-5-2-10-24(13-15)18(25)9-8-17-7-3-11-26-17/h1,3-4,6-9,11-12,15H,2,5,10,13H2. The van der Waals surface area contributed by atoms with Gasteiger partial charge < -0.3 is 13.8 Å². The summed E-state index contributed by atoms with van der Waals surface area (Å²) in [7, 11) is 0. The van der Waals surface area contributed by atoms with Crippen molar-refractivity contribution < 1.29 is 18.1 Å². The Hall–Kier alpha value is -3.22. The normalized spacial score (nSPS) is 17.5. The van der Waals surface area contributed by atoms with E-state index >= 15 is 0 Å². The molecule has 0 radical (unpaired) electrons. The number of rotatable bonds is 4. The summed E-state index contributed by atoms with van der Waals surface area (Å²) in [4.78, 5) is 18.6. The van der Waals surface area contributed by atoms with Crippen LogP contribution in [0.5, 0.6) is 0 Å². The van der Waals surface area contributed by atoms with Gasteiger partial charge in [-0.25, -0.2) is 4.39 Å². The lowest BCUT2D eigenvalue weighted by Gasteiger charge is -2.30. The summed E-state index contributed by atoms with van der Waals surface area (Å²) in [5, 5.41) is 4.05. The van der Waals surface area contributed by atoms with Crippen molar-refractivity contribution in [1.29, 1.82) is 0 Å². The third-order valence-corrected chi connectivity index (χ3v) is 4.54. The Morgan fingerprint density at radius 1 is 1.30 bits per heavy atom. The monoisotopic (exact) mass is 367 g/mol. The predicted octanol–water partition coefficient (Wildman–Crippen LogP) is 3.89. The van der Waals surface area contributed by atoms with Crippen LogP contribution in [0.15, 0.2) is 57.7 Å². The van der Waals surface area contributed by atoms with E-state index in [2.05, 4.69) is 10.1 Å². The lowest BCUT2D eigenvalue weighted by molar-refractivity contribution is -0.127. The van der Waals surface area contributed by atoms with Gasteiger partial charge in [0.2, 0.25) is 5.91 Å². The topological polar surface area (TPSA) is 72.4 Å². The molecule has 1 unspecified atom stereocenters. The average Bonchev–Trinajstić information content (AvgIpc) is 3.38. The highest BCUT2D eigenvalue weighted by Gasteiger charge is 2.27. The van der Waals surface area contributed by atoms with Crippen molar-refractivity contribution in [2.24, 2.45) is 0 Å². The van der Waals surface area contributed by atoms with Gasteiger partial charge in [-0.2, -0.15) is 4.98 Å². The van der Waals surface area contributed by atoms with Crippen molar-refractivity contribution in [1.82, 2.24) is 15.0 Å². The number of nitrogens with zero attached hydrogens (tertiary/aromatic N) is 3. The molecule has 1 fully saturated rings. The molecule has 0 N–H and O–H groups in total. The van der Waals surface area contributed by atoms with E-state index in [0.29, 0.717) is 30.2 Å². The number of carbonyl (C=O) groups is 1. The minimum atomic E-state index is -0.356. The Morgan fingerprint density at radius 3 is 3.04 bits per heavy atom. The lowest BCUT2D eigenvalue weighted by Crippen LogP contribution is -2.38. The summed E-state index contributed by atoms with van der Waals surface area (Å²) in [6.07, 6.45) is 6.45. The molecule has 1 atom stereocenters. The van der Waals surface area contributed by atoms with Crippen LogP contribution in [0.4, 0.5) is 4.39 Å². The number of benzene rings is 1. The van der Waals surface area contributed by atoms with Crippen LogP contribution in [0.25, 0.3) is 17.5 Å². The van der Waals surface area contributed by atoms with Gasteiger partial charge in [0.15, 0.2) is 5.82 Å². The summed E-state index contributed by atoms with van der Waals surface area (Å²) in [6.45, 7) is 1.20. The first-order valence-corrected chi connectivity index (χ1v) is 8.79. The van der Waals surface area contributed by atoms with Crippen LogP contribution in [0.2, 0.25) is 0 Å². The molecular formula is C20H18FN3O3. The van der Waals surface area contributed by atoms with Gasteiger partial charge in [0.1, 0.15) is 11.6 Å². The van der Waals surface area contributed by atoms with Gasteiger partial charge in [0.05, 0.1) is 6.26 Å². The molecule has 0 bridgehead atoms. The molecule has 0 spiro atoms. The quantitative estimate of drug-likeness (QED) is 0.654. The lowest BCUT2D eigenvalue weighted by atomic mass is 9.97. The van der Waals surface area contributed by atoms with E-state index < -0.39 is 0 Å². The Labute approximate surface area is 155 Å². The zero-order chi connectivity index (χ0) is 18.6. The summed E-state index contributed by atoms with van der Waals surface area (Å²) in [5.41, 5.74) is 0.541. The molecule has 0 aliphatic carbocycles. The maximum atomic E-state index is 13.4. The second-order valence-electron chi connectivity index (χ2n) is 6.44. The number of furan rings is 1. The van der Waals surface area contributed by atoms with Gasteiger partial charge in [-0.15, -0.1) is 0 Å². The highest BCUT2D eigenvalue weighted by Crippen LogP contribution is 2.27. The average molecular weight is 367 g/mol. The van der Waals surface area contributed by atoms with Gasteiger partial charge in [0.25, 0.3) is 5.89 Å². The zero-order valence-electron chi connectivity index (χ0n) is 14.5. The molecule has 1 aliphatic heterocycles. The van der Waals surface area contributed by atoms with E-state index in [0.717, 1.165) is 12.8 Å². The summed E-state index contributed by atoms with van der Waals surface area (Å²) >= 11 is 0. The van der Waals surface area contributed by atoms with E-state index in [4.69, 9.17) is 8.94 Å². The third kappa shape index (κ3) is 3.97. The smallest absolute Gasteiger partial charge is 0.258 e.